The van der Waals surface area contributed by atoms with Crippen molar-refractivity contribution in [2.75, 3.05) is 17.3 Å². The van der Waals surface area contributed by atoms with E-state index in [1.807, 2.05) is 31.2 Å². The van der Waals surface area contributed by atoms with Crippen LogP contribution in [0.1, 0.15) is 17.3 Å². The van der Waals surface area contributed by atoms with Crippen LogP contribution in [0.3, 0.4) is 0 Å². The number of pyridine rings is 1. The summed E-state index contributed by atoms with van der Waals surface area (Å²) < 4.78 is 11.3. The molecule has 0 aliphatic heterocycles. The minimum absolute atomic E-state index is 0.0928. The van der Waals surface area contributed by atoms with E-state index in [0.29, 0.717) is 11.4 Å². The van der Waals surface area contributed by atoms with Gasteiger partial charge in [0, 0.05) is 40.4 Å². The Labute approximate surface area is 119 Å². The van der Waals surface area contributed by atoms with Crippen molar-refractivity contribution in [3.63, 3.8) is 0 Å². The van der Waals surface area contributed by atoms with Crippen molar-refractivity contribution in [2.24, 2.45) is 0 Å². The summed E-state index contributed by atoms with van der Waals surface area (Å²) >= 11 is 0. The molecule has 1 aromatic carbocycles. The topological polar surface area (TPSA) is 79.3 Å². The van der Waals surface area contributed by atoms with Crippen molar-refractivity contribution in [3.8, 4) is 0 Å². The molecule has 2 atom stereocenters. The summed E-state index contributed by atoms with van der Waals surface area (Å²) in [4.78, 5) is 15.5. The highest BCUT2D eigenvalue weighted by molar-refractivity contribution is 7.84. The van der Waals surface area contributed by atoms with Gasteiger partial charge in [-0.1, -0.05) is 18.2 Å². The predicted molar refractivity (Wildman–Crippen MR) is 80.7 cm³/mol. The second-order valence-corrected chi connectivity index (χ2v) is 6.13. The molecule has 1 heterocycles. The third-order valence-electron chi connectivity index (χ3n) is 2.88. The maximum absolute atomic E-state index is 11.3. The molecule has 2 N–H and O–H groups in total. The molecular weight excluding hydrogens is 276 g/mol. The maximum atomic E-state index is 11.3. The van der Waals surface area contributed by atoms with Crippen LogP contribution in [0.5, 0.6) is 0 Å². The maximum Gasteiger partial charge on any atom is 0.339 e. The number of nitrogens with one attached hydrogen (secondary N) is 1. The Balaban J connectivity index is 2.49. The Morgan fingerprint density at radius 1 is 1.45 bits per heavy atom. The van der Waals surface area contributed by atoms with E-state index in [2.05, 4.69) is 10.3 Å². The molecule has 0 amide bonds. The van der Waals surface area contributed by atoms with E-state index >= 15 is 0 Å². The van der Waals surface area contributed by atoms with E-state index in [1.54, 1.807) is 6.26 Å². The van der Waals surface area contributed by atoms with Crippen molar-refractivity contribution in [3.05, 3.63) is 36.0 Å². The normalized spacial score (nSPS) is 13.9. The highest BCUT2D eigenvalue weighted by atomic mass is 32.2. The Bertz CT molecular complexity index is 673. The summed E-state index contributed by atoms with van der Waals surface area (Å²) in [5, 5.41) is 13.2. The molecule has 0 fully saturated rings. The average molecular weight is 292 g/mol. The number of carboxylic acid groups (broad SMARTS) is 1. The third kappa shape index (κ3) is 3.14. The van der Waals surface area contributed by atoms with Gasteiger partial charge >= 0.3 is 5.97 Å². The molecule has 20 heavy (non-hydrogen) atoms. The summed E-state index contributed by atoms with van der Waals surface area (Å²) in [6.07, 6.45) is 2.98. The summed E-state index contributed by atoms with van der Waals surface area (Å²) in [5.41, 5.74) is 1.38. The Kier molecular flexibility index (Phi) is 4.34. The molecule has 0 radical (unpaired) electrons. The van der Waals surface area contributed by atoms with Crippen LogP contribution in [0.15, 0.2) is 30.5 Å². The van der Waals surface area contributed by atoms with Crippen LogP contribution in [0.2, 0.25) is 0 Å². The number of rotatable bonds is 5. The number of hydrogen-bond donors (Lipinski definition) is 2. The Hall–Kier alpha value is -1.95. The molecule has 0 aliphatic rings. The van der Waals surface area contributed by atoms with Gasteiger partial charge in [0.25, 0.3) is 0 Å². The van der Waals surface area contributed by atoms with Crippen LogP contribution in [-0.4, -0.2) is 38.3 Å². The lowest BCUT2D eigenvalue weighted by molar-refractivity contribution is 0.0697. The minimum atomic E-state index is -1.03. The fourth-order valence-corrected chi connectivity index (χ4v) is 2.89. The summed E-state index contributed by atoms with van der Waals surface area (Å²) in [6.45, 7) is 1.88. The molecule has 0 saturated carbocycles. The molecule has 5 nitrogen and oxygen atoms in total. The van der Waals surface area contributed by atoms with Crippen LogP contribution in [0, 0.1) is 0 Å². The zero-order valence-electron chi connectivity index (χ0n) is 11.3. The molecule has 2 aromatic rings. The van der Waals surface area contributed by atoms with Crippen molar-refractivity contribution in [1.82, 2.24) is 4.98 Å². The Morgan fingerprint density at radius 3 is 2.80 bits per heavy atom. The van der Waals surface area contributed by atoms with Gasteiger partial charge < -0.3 is 10.4 Å². The summed E-state index contributed by atoms with van der Waals surface area (Å²) in [5.74, 6) is -0.578. The highest BCUT2D eigenvalue weighted by Gasteiger charge is 2.16. The first-order chi connectivity index (χ1) is 9.49. The van der Waals surface area contributed by atoms with E-state index in [4.69, 9.17) is 0 Å². The first kappa shape index (κ1) is 14.5. The predicted octanol–water partition coefficient (Wildman–Crippen LogP) is 2.11. The molecule has 2 rings (SSSR count). The van der Waals surface area contributed by atoms with E-state index in [-0.39, 0.29) is 11.6 Å². The Morgan fingerprint density at radius 2 is 2.15 bits per heavy atom. The lowest BCUT2D eigenvalue weighted by Crippen LogP contribution is -2.23. The second-order valence-electron chi connectivity index (χ2n) is 4.65. The monoisotopic (exact) mass is 292 g/mol. The van der Waals surface area contributed by atoms with E-state index in [1.165, 1.54) is 6.20 Å². The van der Waals surface area contributed by atoms with Gasteiger partial charge in [0.2, 0.25) is 0 Å². The third-order valence-corrected chi connectivity index (χ3v) is 3.85. The SMILES string of the molecule is CC(CS(C)=O)Nc1c(C(=O)O)cnc2ccccc12. The quantitative estimate of drug-likeness (QED) is 0.882. The van der Waals surface area contributed by atoms with Gasteiger partial charge in [-0.25, -0.2) is 4.79 Å². The summed E-state index contributed by atoms with van der Waals surface area (Å²) in [6, 6.07) is 7.25. The summed E-state index contributed by atoms with van der Waals surface area (Å²) in [7, 11) is -0.946. The zero-order valence-corrected chi connectivity index (χ0v) is 12.1. The highest BCUT2D eigenvalue weighted by Crippen LogP contribution is 2.26. The van der Waals surface area contributed by atoms with Crippen molar-refractivity contribution in [1.29, 1.82) is 0 Å². The van der Waals surface area contributed by atoms with Crippen molar-refractivity contribution < 1.29 is 14.1 Å². The average Bonchev–Trinajstić information content (AvgIpc) is 2.37. The number of hydrogen-bond acceptors (Lipinski definition) is 4. The molecular formula is C14H16N2O3S. The smallest absolute Gasteiger partial charge is 0.339 e. The van der Waals surface area contributed by atoms with Crippen LogP contribution >= 0.6 is 0 Å². The number of aromatic carboxylic acids is 1. The van der Waals surface area contributed by atoms with E-state index in [9.17, 15) is 14.1 Å². The molecule has 0 spiro atoms. The fourth-order valence-electron chi connectivity index (χ4n) is 2.10. The number of para-hydroxylation sites is 1. The number of fused-ring (bicyclic) bond motifs is 1. The van der Waals surface area contributed by atoms with Crippen molar-refractivity contribution in [2.45, 2.75) is 13.0 Å². The molecule has 1 aromatic heterocycles. The van der Waals surface area contributed by atoms with Crippen LogP contribution in [0.4, 0.5) is 5.69 Å². The number of aromatic nitrogens is 1. The van der Waals surface area contributed by atoms with Gasteiger partial charge in [-0.3, -0.25) is 9.19 Å². The minimum Gasteiger partial charge on any atom is -0.478 e. The lowest BCUT2D eigenvalue weighted by Gasteiger charge is -2.17. The van der Waals surface area contributed by atoms with Crippen molar-refractivity contribution >= 4 is 33.4 Å². The van der Waals surface area contributed by atoms with Crippen LogP contribution in [0.25, 0.3) is 10.9 Å². The van der Waals surface area contributed by atoms with E-state index in [0.717, 1.165) is 10.9 Å². The molecule has 2 unspecified atom stereocenters. The van der Waals surface area contributed by atoms with Crippen LogP contribution in [-0.2, 0) is 10.8 Å². The van der Waals surface area contributed by atoms with Gasteiger partial charge in [0.1, 0.15) is 5.56 Å². The fraction of sp³-hybridized carbons (Fsp3) is 0.286. The number of benzene rings is 1. The number of anilines is 1. The molecule has 106 valence electrons. The molecule has 0 saturated heterocycles. The van der Waals surface area contributed by atoms with Gasteiger partial charge in [0.15, 0.2) is 0 Å². The van der Waals surface area contributed by atoms with E-state index < -0.39 is 16.8 Å². The molecule has 0 aliphatic carbocycles. The van der Waals surface area contributed by atoms with Gasteiger partial charge in [0.05, 0.1) is 11.2 Å². The zero-order chi connectivity index (χ0) is 14.7. The number of carbonyl (C=O) groups is 1. The standard InChI is InChI=1S/C14H16N2O3S/c1-9(8-20(2)19)16-13-10-5-3-4-6-12(10)15-7-11(13)14(17)18/h3-7,9H,8H2,1-2H3,(H,15,16)(H,17,18). The second kappa shape index (κ2) is 6.00. The number of carboxylic acids is 1. The largest absolute Gasteiger partial charge is 0.478 e. The van der Waals surface area contributed by atoms with Gasteiger partial charge in [-0.05, 0) is 13.0 Å². The molecule has 0 bridgehead atoms. The van der Waals surface area contributed by atoms with Gasteiger partial charge in [-0.15, -0.1) is 0 Å². The van der Waals surface area contributed by atoms with Gasteiger partial charge in [-0.2, -0.15) is 0 Å². The van der Waals surface area contributed by atoms with Crippen LogP contribution < -0.4 is 5.32 Å². The first-order valence-electron chi connectivity index (χ1n) is 6.16. The lowest BCUT2D eigenvalue weighted by atomic mass is 10.1. The first-order valence-corrected chi connectivity index (χ1v) is 7.89. The molecule has 6 heteroatoms. The number of nitrogens with zero attached hydrogens (tertiary/aromatic N) is 1.